The van der Waals surface area contributed by atoms with E-state index in [4.69, 9.17) is 0 Å². The molecular formula is C16H28N4O4. The van der Waals surface area contributed by atoms with Gasteiger partial charge in [0.05, 0.1) is 6.54 Å². The minimum atomic E-state index is -0.727. The minimum absolute atomic E-state index is 0.103. The zero-order valence-corrected chi connectivity index (χ0v) is 14.8. The molecule has 4 amide bonds. The highest BCUT2D eigenvalue weighted by molar-refractivity contribution is 5.94. The van der Waals surface area contributed by atoms with E-state index in [2.05, 4.69) is 16.0 Å². The van der Waals surface area contributed by atoms with Gasteiger partial charge in [0.15, 0.2) is 0 Å². The van der Waals surface area contributed by atoms with Crippen LogP contribution in [-0.4, -0.2) is 60.7 Å². The molecule has 0 aromatic carbocycles. The molecule has 1 saturated heterocycles. The largest absolute Gasteiger partial charge is 0.345 e. The number of nitrogens with zero attached hydrogens (tertiary/aromatic N) is 1. The van der Waals surface area contributed by atoms with Crippen molar-refractivity contribution in [1.29, 1.82) is 0 Å². The maximum absolute atomic E-state index is 12.3. The molecule has 0 bridgehead atoms. The summed E-state index contributed by atoms with van der Waals surface area (Å²) in [6.45, 7) is 6.19. The summed E-state index contributed by atoms with van der Waals surface area (Å²) in [5.74, 6) is -0.914. The van der Waals surface area contributed by atoms with Gasteiger partial charge in [-0.15, -0.1) is 0 Å². The van der Waals surface area contributed by atoms with Crippen LogP contribution in [0.1, 0.15) is 40.0 Å². The van der Waals surface area contributed by atoms with Crippen LogP contribution < -0.4 is 16.0 Å². The molecule has 1 heterocycles. The highest BCUT2D eigenvalue weighted by Gasteiger charge is 2.30. The normalized spacial score (nSPS) is 18.0. The van der Waals surface area contributed by atoms with E-state index in [-0.39, 0.29) is 36.1 Å². The Bertz CT molecular complexity index is 492. The first-order valence-corrected chi connectivity index (χ1v) is 8.36. The molecule has 0 aliphatic carbocycles. The van der Waals surface area contributed by atoms with Crippen molar-refractivity contribution in [3.05, 3.63) is 0 Å². The van der Waals surface area contributed by atoms with Gasteiger partial charge in [0.2, 0.25) is 23.6 Å². The van der Waals surface area contributed by atoms with Gasteiger partial charge >= 0.3 is 0 Å². The van der Waals surface area contributed by atoms with Crippen LogP contribution in [-0.2, 0) is 19.2 Å². The lowest BCUT2D eigenvalue weighted by molar-refractivity contribution is -0.133. The van der Waals surface area contributed by atoms with Crippen LogP contribution in [0.4, 0.5) is 0 Å². The molecular weight excluding hydrogens is 312 g/mol. The van der Waals surface area contributed by atoms with Crippen LogP contribution in [0, 0.1) is 5.92 Å². The molecule has 2 atom stereocenters. The smallest absolute Gasteiger partial charge is 0.243 e. The third kappa shape index (κ3) is 6.17. The molecule has 0 aromatic rings. The van der Waals surface area contributed by atoms with E-state index < -0.39 is 12.1 Å². The third-order valence-electron chi connectivity index (χ3n) is 3.97. The molecule has 0 spiro atoms. The van der Waals surface area contributed by atoms with Gasteiger partial charge in [0.1, 0.15) is 12.1 Å². The lowest BCUT2D eigenvalue weighted by atomic mass is 10.0. The quantitative estimate of drug-likeness (QED) is 0.548. The van der Waals surface area contributed by atoms with Crippen molar-refractivity contribution in [1.82, 2.24) is 20.9 Å². The number of hydrogen-bond acceptors (Lipinski definition) is 4. The topological polar surface area (TPSA) is 108 Å². The van der Waals surface area contributed by atoms with E-state index in [1.54, 1.807) is 7.05 Å². The molecule has 0 aromatic heterocycles. The van der Waals surface area contributed by atoms with Crippen molar-refractivity contribution in [3.8, 4) is 0 Å². The van der Waals surface area contributed by atoms with Gasteiger partial charge in [0.25, 0.3) is 0 Å². The molecule has 8 heteroatoms. The van der Waals surface area contributed by atoms with Crippen LogP contribution in [0.15, 0.2) is 0 Å². The van der Waals surface area contributed by atoms with Crippen molar-refractivity contribution in [3.63, 3.8) is 0 Å². The van der Waals surface area contributed by atoms with Crippen molar-refractivity contribution in [2.75, 3.05) is 20.1 Å². The lowest BCUT2D eigenvalue weighted by Crippen LogP contribution is -2.53. The molecule has 3 N–H and O–H groups in total. The number of likely N-dealkylation sites (N-methyl/N-ethyl adjacent to an activating group) is 1. The first-order valence-electron chi connectivity index (χ1n) is 8.36. The molecule has 1 fully saturated rings. The summed E-state index contributed by atoms with van der Waals surface area (Å²) in [5, 5.41) is 7.84. The van der Waals surface area contributed by atoms with Gasteiger partial charge in [-0.25, -0.2) is 0 Å². The second-order valence-corrected chi connectivity index (χ2v) is 6.48. The van der Waals surface area contributed by atoms with Gasteiger partial charge in [-0.05, 0) is 25.7 Å². The number of carbonyl (C=O) groups is 4. The Morgan fingerprint density at radius 2 is 2.00 bits per heavy atom. The van der Waals surface area contributed by atoms with E-state index in [1.165, 1.54) is 4.90 Å². The molecule has 1 aliphatic heterocycles. The van der Waals surface area contributed by atoms with E-state index in [1.807, 2.05) is 20.8 Å². The molecule has 1 aliphatic rings. The first-order chi connectivity index (χ1) is 11.2. The Balaban J connectivity index is 2.60. The molecule has 0 radical (unpaired) electrons. The monoisotopic (exact) mass is 340 g/mol. The second kappa shape index (κ2) is 9.24. The molecule has 1 rings (SSSR count). The predicted molar refractivity (Wildman–Crippen MR) is 88.9 cm³/mol. The molecule has 0 unspecified atom stereocenters. The minimum Gasteiger partial charge on any atom is -0.345 e. The fourth-order valence-electron chi connectivity index (χ4n) is 2.38. The number of amides is 4. The Kier molecular flexibility index (Phi) is 7.67. The van der Waals surface area contributed by atoms with Crippen LogP contribution in [0.5, 0.6) is 0 Å². The van der Waals surface area contributed by atoms with E-state index in [0.717, 1.165) is 0 Å². The molecule has 0 saturated carbocycles. The maximum Gasteiger partial charge on any atom is 0.243 e. The highest BCUT2D eigenvalue weighted by atomic mass is 16.2. The van der Waals surface area contributed by atoms with Crippen molar-refractivity contribution in [2.45, 2.75) is 52.1 Å². The van der Waals surface area contributed by atoms with Gasteiger partial charge in [-0.3, -0.25) is 19.2 Å². The Morgan fingerprint density at radius 3 is 2.50 bits per heavy atom. The van der Waals surface area contributed by atoms with Crippen LogP contribution in [0.2, 0.25) is 0 Å². The van der Waals surface area contributed by atoms with E-state index in [9.17, 15) is 19.2 Å². The average molecular weight is 340 g/mol. The summed E-state index contributed by atoms with van der Waals surface area (Å²) in [6.07, 6.45) is 1.20. The van der Waals surface area contributed by atoms with Crippen molar-refractivity contribution >= 4 is 23.6 Å². The fraction of sp³-hybridized carbons (Fsp3) is 0.750. The van der Waals surface area contributed by atoms with Crippen LogP contribution in [0.3, 0.4) is 0 Å². The van der Waals surface area contributed by atoms with Gasteiger partial charge in [-0.1, -0.05) is 13.8 Å². The van der Waals surface area contributed by atoms with E-state index in [0.29, 0.717) is 25.8 Å². The van der Waals surface area contributed by atoms with E-state index >= 15 is 0 Å². The third-order valence-corrected chi connectivity index (χ3v) is 3.97. The summed E-state index contributed by atoms with van der Waals surface area (Å²) in [7, 11) is 1.66. The zero-order chi connectivity index (χ0) is 18.3. The Hall–Kier alpha value is -2.12. The summed E-state index contributed by atoms with van der Waals surface area (Å²) >= 11 is 0. The first kappa shape index (κ1) is 19.9. The summed E-state index contributed by atoms with van der Waals surface area (Å²) in [5.41, 5.74) is 0. The SMILES string of the molecule is CCN(C)C(=O)CNC(=O)[C@H](CC(C)C)NC(=O)[C@@H]1CCC(=O)N1. The summed E-state index contributed by atoms with van der Waals surface area (Å²) in [4.78, 5) is 49.0. The Labute approximate surface area is 142 Å². The summed E-state index contributed by atoms with van der Waals surface area (Å²) < 4.78 is 0. The van der Waals surface area contributed by atoms with Gasteiger partial charge in [-0.2, -0.15) is 0 Å². The summed E-state index contributed by atoms with van der Waals surface area (Å²) in [6, 6.07) is -1.32. The number of carbonyl (C=O) groups excluding carboxylic acids is 4. The van der Waals surface area contributed by atoms with Gasteiger partial charge in [0, 0.05) is 20.0 Å². The van der Waals surface area contributed by atoms with Crippen molar-refractivity contribution in [2.24, 2.45) is 5.92 Å². The number of hydrogen-bond donors (Lipinski definition) is 3. The number of nitrogens with one attached hydrogen (secondary N) is 3. The molecule has 136 valence electrons. The highest BCUT2D eigenvalue weighted by Crippen LogP contribution is 2.09. The van der Waals surface area contributed by atoms with Gasteiger partial charge < -0.3 is 20.9 Å². The zero-order valence-electron chi connectivity index (χ0n) is 14.8. The van der Waals surface area contributed by atoms with Crippen LogP contribution >= 0.6 is 0 Å². The maximum atomic E-state index is 12.3. The average Bonchev–Trinajstić information content (AvgIpc) is 2.96. The van der Waals surface area contributed by atoms with Crippen LogP contribution in [0.25, 0.3) is 0 Å². The Morgan fingerprint density at radius 1 is 1.33 bits per heavy atom. The van der Waals surface area contributed by atoms with Crippen molar-refractivity contribution < 1.29 is 19.2 Å². The second-order valence-electron chi connectivity index (χ2n) is 6.48. The molecule has 24 heavy (non-hydrogen) atoms. The predicted octanol–water partition coefficient (Wildman–Crippen LogP) is -0.610. The standard InChI is InChI=1S/C16H28N4O4/c1-5-20(4)14(22)9-17-15(23)12(8-10(2)3)19-16(24)11-6-7-13(21)18-11/h10-12H,5-9H2,1-4H3,(H,17,23)(H,18,21)(H,19,24)/t11-,12-/m0/s1. The lowest BCUT2D eigenvalue weighted by Gasteiger charge is -2.22. The number of rotatable bonds is 8. The molecule has 8 nitrogen and oxygen atoms in total. The fourth-order valence-corrected chi connectivity index (χ4v) is 2.38.